The Balaban J connectivity index is 0.000000407. The maximum Gasteiger partial charge on any atom is 0.333 e. The number of rotatable bonds is 5. The van der Waals surface area contributed by atoms with E-state index in [9.17, 15) is 14.4 Å². The first kappa shape index (κ1) is 29.5. The van der Waals surface area contributed by atoms with Gasteiger partial charge in [-0.05, 0) is 60.5 Å². The lowest BCUT2D eigenvalue weighted by Gasteiger charge is -2.30. The summed E-state index contributed by atoms with van der Waals surface area (Å²) in [6.07, 6.45) is 4.70. The highest BCUT2D eigenvalue weighted by Gasteiger charge is 2.19. The van der Waals surface area contributed by atoms with Crippen LogP contribution < -0.4 is 15.9 Å². The maximum atomic E-state index is 13.5. The van der Waals surface area contributed by atoms with Crippen molar-refractivity contribution in [3.05, 3.63) is 94.3 Å². The highest BCUT2D eigenvalue weighted by atomic mass is 35.5. The molecular weight excluding hydrogens is 572 g/mol. The fourth-order valence-electron chi connectivity index (χ4n) is 5.08. The molecule has 0 bridgehead atoms. The molecule has 1 saturated heterocycles. The second-order valence-corrected chi connectivity index (χ2v) is 10.4. The summed E-state index contributed by atoms with van der Waals surface area (Å²) in [5.74, 6) is -2.51. The molecule has 6 rings (SSSR count). The number of hydrogen-bond donors (Lipinski definition) is 3. The van der Waals surface area contributed by atoms with Gasteiger partial charge < -0.3 is 20.4 Å². The van der Waals surface area contributed by atoms with Gasteiger partial charge in [0.1, 0.15) is 0 Å². The smallest absolute Gasteiger partial charge is 0.333 e. The van der Waals surface area contributed by atoms with Crippen molar-refractivity contribution in [2.75, 3.05) is 31.1 Å². The molecule has 1 fully saturated rings. The van der Waals surface area contributed by atoms with Crippen LogP contribution in [0.1, 0.15) is 5.69 Å². The summed E-state index contributed by atoms with van der Waals surface area (Å²) >= 11 is 6.76. The Bertz CT molecular complexity index is 1930. The number of aliphatic carboxylic acids is 2. The van der Waals surface area contributed by atoms with Gasteiger partial charge in [0.25, 0.3) is 0 Å². The van der Waals surface area contributed by atoms with E-state index in [0.29, 0.717) is 17.2 Å². The molecule has 0 spiro atoms. The summed E-state index contributed by atoms with van der Waals surface area (Å²) in [5.41, 5.74) is 7.09. The number of pyridine rings is 2. The van der Waals surface area contributed by atoms with Crippen LogP contribution in [0.3, 0.4) is 0 Å². The average molecular weight is 601 g/mol. The van der Waals surface area contributed by atoms with Crippen molar-refractivity contribution < 1.29 is 19.8 Å². The van der Waals surface area contributed by atoms with Crippen molar-refractivity contribution in [2.45, 2.75) is 6.92 Å². The molecular formula is C31H29ClN6O5. The van der Waals surface area contributed by atoms with Crippen LogP contribution in [0.5, 0.6) is 0 Å². The molecule has 12 heteroatoms. The molecule has 0 radical (unpaired) electrons. The van der Waals surface area contributed by atoms with E-state index in [0.717, 1.165) is 76.3 Å². The summed E-state index contributed by atoms with van der Waals surface area (Å²) < 4.78 is 3.39. The van der Waals surface area contributed by atoms with Crippen LogP contribution in [0.2, 0.25) is 5.02 Å². The van der Waals surface area contributed by atoms with Crippen molar-refractivity contribution in [3.8, 4) is 16.8 Å². The summed E-state index contributed by atoms with van der Waals surface area (Å²) in [4.78, 5) is 43.8. The Morgan fingerprint density at radius 1 is 0.953 bits per heavy atom. The van der Waals surface area contributed by atoms with Gasteiger partial charge in [0, 0.05) is 62.7 Å². The topological polar surface area (TPSA) is 143 Å². The molecule has 3 aromatic heterocycles. The molecule has 1 aliphatic rings. The number of piperazine rings is 1. The minimum Gasteiger partial charge on any atom is -0.478 e. The van der Waals surface area contributed by atoms with E-state index in [1.165, 1.54) is 0 Å². The molecule has 0 saturated carbocycles. The molecule has 0 atom stereocenters. The fourth-order valence-corrected chi connectivity index (χ4v) is 5.38. The van der Waals surface area contributed by atoms with Gasteiger partial charge in [-0.1, -0.05) is 17.7 Å². The molecule has 0 unspecified atom stereocenters. The van der Waals surface area contributed by atoms with Crippen LogP contribution in [0, 0.1) is 6.92 Å². The lowest BCUT2D eigenvalue weighted by molar-refractivity contribution is -0.134. The number of imidazole rings is 1. The van der Waals surface area contributed by atoms with Gasteiger partial charge in [-0.3, -0.25) is 19.1 Å². The SMILES string of the molecule is Cc1cc(-c2ccc3ncc4c(c3c2)n(-c2ccc(N3CCNCC3)c(Cl)c2)c(=O)n4C)ccn1.O=C(O)C=CC(=O)O. The molecule has 4 heterocycles. The fraction of sp³-hybridized carbons (Fsp3) is 0.194. The molecule has 0 aliphatic carbocycles. The second-order valence-electron chi connectivity index (χ2n) is 9.97. The van der Waals surface area contributed by atoms with Crippen molar-refractivity contribution in [3.63, 3.8) is 0 Å². The van der Waals surface area contributed by atoms with E-state index in [-0.39, 0.29) is 5.69 Å². The highest BCUT2D eigenvalue weighted by molar-refractivity contribution is 6.33. The monoisotopic (exact) mass is 600 g/mol. The third kappa shape index (κ3) is 6.27. The van der Waals surface area contributed by atoms with Crippen LogP contribution in [-0.2, 0) is 16.6 Å². The van der Waals surface area contributed by atoms with Crippen molar-refractivity contribution >= 4 is 51.2 Å². The summed E-state index contributed by atoms with van der Waals surface area (Å²) in [5, 5.41) is 20.5. The standard InChI is InChI=1S/C27H25ClN6O.C4H4O4/c1-17-13-19(7-8-30-17)18-3-5-23-21(14-18)26-25(16-31-23)32(2)27(35)34(26)20-4-6-24(22(28)15-20)33-11-9-29-10-12-33;5-3(6)1-2-4(7)8/h3-8,13-16,29H,9-12H2,1-2H3;1-2H,(H,5,6)(H,7,8). The van der Waals surface area contributed by atoms with E-state index < -0.39 is 11.9 Å². The zero-order chi connectivity index (χ0) is 30.7. The van der Waals surface area contributed by atoms with Gasteiger partial charge in [0.2, 0.25) is 0 Å². The van der Waals surface area contributed by atoms with Crippen LogP contribution in [0.4, 0.5) is 5.69 Å². The molecule has 2 aromatic carbocycles. The number of carboxylic acid groups (broad SMARTS) is 2. The van der Waals surface area contributed by atoms with Crippen molar-refractivity contribution in [2.24, 2.45) is 7.05 Å². The third-order valence-electron chi connectivity index (χ3n) is 7.13. The van der Waals surface area contributed by atoms with Gasteiger partial charge in [0.15, 0.2) is 0 Å². The Kier molecular flexibility index (Phi) is 8.56. The van der Waals surface area contributed by atoms with E-state index in [1.807, 2.05) is 43.5 Å². The lowest BCUT2D eigenvalue weighted by Crippen LogP contribution is -2.43. The van der Waals surface area contributed by atoms with Crippen LogP contribution in [-0.4, -0.2) is 67.4 Å². The number of aryl methyl sites for hydroxylation is 2. The largest absolute Gasteiger partial charge is 0.478 e. The third-order valence-corrected chi connectivity index (χ3v) is 7.43. The van der Waals surface area contributed by atoms with Gasteiger partial charge in [-0.15, -0.1) is 0 Å². The summed E-state index contributed by atoms with van der Waals surface area (Å²) in [6, 6.07) is 16.1. The number of carbonyl (C=O) groups is 2. The van der Waals surface area contributed by atoms with Crippen LogP contribution in [0.25, 0.3) is 38.8 Å². The number of nitrogens with zero attached hydrogens (tertiary/aromatic N) is 5. The van der Waals surface area contributed by atoms with Gasteiger partial charge >= 0.3 is 17.6 Å². The van der Waals surface area contributed by atoms with Gasteiger partial charge in [-0.2, -0.15) is 0 Å². The minimum atomic E-state index is -1.26. The molecule has 0 amide bonds. The quantitative estimate of drug-likeness (QED) is 0.255. The number of aromatic nitrogens is 4. The van der Waals surface area contributed by atoms with E-state index in [2.05, 4.69) is 38.4 Å². The number of fused-ring (bicyclic) bond motifs is 3. The average Bonchev–Trinajstić information content (AvgIpc) is 3.26. The summed E-state index contributed by atoms with van der Waals surface area (Å²) in [7, 11) is 1.78. The predicted molar refractivity (Wildman–Crippen MR) is 166 cm³/mol. The van der Waals surface area contributed by atoms with E-state index in [4.69, 9.17) is 21.8 Å². The van der Waals surface area contributed by atoms with Crippen molar-refractivity contribution in [1.82, 2.24) is 24.4 Å². The minimum absolute atomic E-state index is 0.134. The zero-order valence-corrected chi connectivity index (χ0v) is 24.2. The molecule has 1 aliphatic heterocycles. The molecule has 11 nitrogen and oxygen atoms in total. The van der Waals surface area contributed by atoms with Crippen LogP contribution >= 0.6 is 11.6 Å². The van der Waals surface area contributed by atoms with Crippen molar-refractivity contribution in [1.29, 1.82) is 0 Å². The second kappa shape index (κ2) is 12.5. The highest BCUT2D eigenvalue weighted by Crippen LogP contribution is 2.32. The number of nitrogens with one attached hydrogen (secondary N) is 1. The summed E-state index contributed by atoms with van der Waals surface area (Å²) in [6.45, 7) is 5.65. The Morgan fingerprint density at radius 3 is 2.30 bits per heavy atom. The number of anilines is 1. The zero-order valence-electron chi connectivity index (χ0n) is 23.5. The van der Waals surface area contributed by atoms with E-state index >= 15 is 0 Å². The number of halogens is 1. The van der Waals surface area contributed by atoms with Crippen LogP contribution in [0.15, 0.2) is 77.9 Å². The molecule has 220 valence electrons. The first-order valence-electron chi connectivity index (χ1n) is 13.5. The first-order valence-corrected chi connectivity index (χ1v) is 13.8. The van der Waals surface area contributed by atoms with E-state index in [1.54, 1.807) is 22.4 Å². The molecule has 43 heavy (non-hydrogen) atoms. The Morgan fingerprint density at radius 2 is 1.65 bits per heavy atom. The predicted octanol–water partition coefficient (Wildman–Crippen LogP) is 4.02. The lowest BCUT2D eigenvalue weighted by atomic mass is 10.0. The first-order chi connectivity index (χ1) is 20.6. The molecule has 3 N–H and O–H groups in total. The Hall–Kier alpha value is -5.00. The maximum absolute atomic E-state index is 13.5. The van der Waals surface area contributed by atoms with Gasteiger partial charge in [-0.25, -0.2) is 14.4 Å². The normalized spacial score (nSPS) is 13.3. The Labute approximate surface area is 251 Å². The number of carboxylic acids is 2. The number of hydrogen-bond acceptors (Lipinski definition) is 7. The van der Waals surface area contributed by atoms with Gasteiger partial charge in [0.05, 0.1) is 39.1 Å². The molecule has 5 aromatic rings. The number of benzene rings is 2.